The molecule has 5 nitrogen and oxygen atoms in total. The molecule has 1 unspecified atom stereocenters. The molecule has 1 aromatic carbocycles. The van der Waals surface area contributed by atoms with Gasteiger partial charge < -0.3 is 5.73 Å². The van der Waals surface area contributed by atoms with Crippen LogP contribution >= 0.6 is 11.3 Å². The van der Waals surface area contributed by atoms with Crippen molar-refractivity contribution in [1.82, 2.24) is 9.71 Å². The van der Waals surface area contributed by atoms with Crippen LogP contribution in [0.1, 0.15) is 29.2 Å². The van der Waals surface area contributed by atoms with E-state index in [9.17, 15) is 8.42 Å². The second-order valence-corrected chi connectivity index (χ2v) is 7.27. The SMILES string of the molecule is Cc1csc(C(C)NS(=O)(=O)Cc2ccccc2N)n1. The van der Waals surface area contributed by atoms with Crippen molar-refractivity contribution >= 4 is 27.0 Å². The molecule has 7 heteroatoms. The van der Waals surface area contributed by atoms with Crippen molar-refractivity contribution < 1.29 is 8.42 Å². The van der Waals surface area contributed by atoms with Gasteiger partial charge in [-0.3, -0.25) is 0 Å². The molecule has 0 aliphatic carbocycles. The van der Waals surface area contributed by atoms with Gasteiger partial charge in [0.15, 0.2) is 0 Å². The third-order valence-corrected chi connectivity index (χ3v) is 5.31. The molecule has 0 bridgehead atoms. The van der Waals surface area contributed by atoms with Gasteiger partial charge in [-0.15, -0.1) is 11.3 Å². The normalized spacial score (nSPS) is 13.3. The van der Waals surface area contributed by atoms with Gasteiger partial charge in [-0.1, -0.05) is 18.2 Å². The largest absolute Gasteiger partial charge is 0.398 e. The number of thiazole rings is 1. The van der Waals surface area contributed by atoms with Crippen molar-refractivity contribution in [2.45, 2.75) is 25.6 Å². The Morgan fingerprint density at radius 2 is 2.10 bits per heavy atom. The molecule has 0 fully saturated rings. The lowest BCUT2D eigenvalue weighted by Gasteiger charge is -2.12. The highest BCUT2D eigenvalue weighted by molar-refractivity contribution is 7.88. The highest BCUT2D eigenvalue weighted by Gasteiger charge is 2.19. The van der Waals surface area contributed by atoms with E-state index in [1.165, 1.54) is 11.3 Å². The Kier molecular flexibility index (Phi) is 4.42. The summed E-state index contributed by atoms with van der Waals surface area (Å²) < 4.78 is 26.9. The van der Waals surface area contributed by atoms with E-state index in [1.807, 2.05) is 12.3 Å². The van der Waals surface area contributed by atoms with Crippen molar-refractivity contribution in [3.63, 3.8) is 0 Å². The van der Waals surface area contributed by atoms with Crippen molar-refractivity contribution in [3.8, 4) is 0 Å². The Labute approximate surface area is 122 Å². The zero-order valence-electron chi connectivity index (χ0n) is 11.3. The van der Waals surface area contributed by atoms with Gasteiger partial charge in [0.05, 0.1) is 11.8 Å². The first kappa shape index (κ1) is 15.0. The first-order valence-corrected chi connectivity index (χ1v) is 8.66. The average molecular weight is 311 g/mol. The Bertz CT molecular complexity index is 695. The third kappa shape index (κ3) is 3.78. The molecule has 0 amide bonds. The Morgan fingerprint density at radius 3 is 2.70 bits per heavy atom. The van der Waals surface area contributed by atoms with E-state index >= 15 is 0 Å². The maximum Gasteiger partial charge on any atom is 0.216 e. The van der Waals surface area contributed by atoms with Crippen molar-refractivity contribution in [1.29, 1.82) is 0 Å². The molecule has 1 heterocycles. The van der Waals surface area contributed by atoms with Crippen LogP contribution in [-0.4, -0.2) is 13.4 Å². The molecule has 0 saturated heterocycles. The number of hydrogen-bond acceptors (Lipinski definition) is 5. The Morgan fingerprint density at radius 1 is 1.40 bits per heavy atom. The Hall–Kier alpha value is -1.44. The van der Waals surface area contributed by atoms with Crippen LogP contribution in [-0.2, 0) is 15.8 Å². The van der Waals surface area contributed by atoms with Crippen LogP contribution in [0.25, 0.3) is 0 Å². The van der Waals surface area contributed by atoms with Gasteiger partial charge in [0, 0.05) is 16.8 Å². The summed E-state index contributed by atoms with van der Waals surface area (Å²) in [6, 6.07) is 6.61. The number of para-hydroxylation sites is 1. The third-order valence-electron chi connectivity index (χ3n) is 2.76. The number of aromatic nitrogens is 1. The number of nitrogen functional groups attached to an aromatic ring is 1. The lowest BCUT2D eigenvalue weighted by atomic mass is 10.2. The fourth-order valence-electron chi connectivity index (χ4n) is 1.80. The molecule has 0 radical (unpaired) electrons. The minimum Gasteiger partial charge on any atom is -0.398 e. The van der Waals surface area contributed by atoms with Crippen LogP contribution in [0.15, 0.2) is 29.6 Å². The monoisotopic (exact) mass is 311 g/mol. The smallest absolute Gasteiger partial charge is 0.216 e. The number of aryl methyl sites for hydroxylation is 1. The number of benzene rings is 1. The minimum absolute atomic E-state index is 0.131. The van der Waals surface area contributed by atoms with E-state index in [0.29, 0.717) is 11.3 Å². The van der Waals surface area contributed by atoms with E-state index in [-0.39, 0.29) is 11.8 Å². The van der Waals surface area contributed by atoms with Gasteiger partial charge in [0.25, 0.3) is 0 Å². The summed E-state index contributed by atoms with van der Waals surface area (Å²) in [5.41, 5.74) is 7.74. The van der Waals surface area contributed by atoms with E-state index in [0.717, 1.165) is 10.7 Å². The fourth-order valence-corrected chi connectivity index (χ4v) is 4.09. The van der Waals surface area contributed by atoms with Crippen LogP contribution in [0.4, 0.5) is 5.69 Å². The number of sulfonamides is 1. The minimum atomic E-state index is -3.46. The molecule has 2 aromatic rings. The zero-order chi connectivity index (χ0) is 14.8. The number of nitrogens with two attached hydrogens (primary N) is 1. The number of rotatable bonds is 5. The molecule has 1 aromatic heterocycles. The highest BCUT2D eigenvalue weighted by atomic mass is 32.2. The maximum atomic E-state index is 12.2. The molecule has 0 aliphatic rings. The summed E-state index contributed by atoms with van der Waals surface area (Å²) in [4.78, 5) is 4.29. The van der Waals surface area contributed by atoms with Crippen LogP contribution in [0, 0.1) is 6.92 Å². The van der Waals surface area contributed by atoms with Gasteiger partial charge in [0.1, 0.15) is 5.01 Å². The van der Waals surface area contributed by atoms with E-state index in [2.05, 4.69) is 9.71 Å². The molecular weight excluding hydrogens is 294 g/mol. The van der Waals surface area contributed by atoms with Gasteiger partial charge in [-0.2, -0.15) is 0 Å². The summed E-state index contributed by atoms with van der Waals surface area (Å²) in [6.07, 6.45) is 0. The zero-order valence-corrected chi connectivity index (χ0v) is 13.0. The number of anilines is 1. The van der Waals surface area contributed by atoms with E-state index in [1.54, 1.807) is 31.2 Å². The van der Waals surface area contributed by atoms with Gasteiger partial charge in [0.2, 0.25) is 10.0 Å². The van der Waals surface area contributed by atoms with E-state index in [4.69, 9.17) is 5.73 Å². The van der Waals surface area contributed by atoms with Crippen molar-refractivity contribution in [2.24, 2.45) is 0 Å². The summed E-state index contributed by atoms with van der Waals surface area (Å²) in [5.74, 6) is -0.131. The van der Waals surface area contributed by atoms with Crippen LogP contribution in [0.5, 0.6) is 0 Å². The molecule has 20 heavy (non-hydrogen) atoms. The van der Waals surface area contributed by atoms with Crippen LogP contribution < -0.4 is 10.5 Å². The topological polar surface area (TPSA) is 85.1 Å². The highest BCUT2D eigenvalue weighted by Crippen LogP contribution is 2.20. The van der Waals surface area contributed by atoms with E-state index < -0.39 is 10.0 Å². The number of nitrogens with one attached hydrogen (secondary N) is 1. The van der Waals surface area contributed by atoms with Crippen molar-refractivity contribution in [2.75, 3.05) is 5.73 Å². The molecule has 0 saturated carbocycles. The molecule has 0 aliphatic heterocycles. The number of hydrogen-bond donors (Lipinski definition) is 2. The quantitative estimate of drug-likeness (QED) is 0.829. The molecule has 3 N–H and O–H groups in total. The van der Waals surface area contributed by atoms with Crippen molar-refractivity contribution in [3.05, 3.63) is 45.9 Å². The first-order chi connectivity index (χ1) is 9.37. The summed E-state index contributed by atoms with van der Waals surface area (Å²) in [6.45, 7) is 3.66. The molecule has 2 rings (SSSR count). The van der Waals surface area contributed by atoms with Gasteiger partial charge >= 0.3 is 0 Å². The maximum absolute atomic E-state index is 12.2. The molecule has 108 valence electrons. The molecule has 1 atom stereocenters. The van der Waals surface area contributed by atoms with Gasteiger partial charge in [-0.25, -0.2) is 18.1 Å². The summed E-state index contributed by atoms with van der Waals surface area (Å²) in [5, 5.41) is 2.65. The fraction of sp³-hybridized carbons (Fsp3) is 0.308. The summed E-state index contributed by atoms with van der Waals surface area (Å²) >= 11 is 1.45. The number of nitrogens with zero attached hydrogens (tertiary/aromatic N) is 1. The summed E-state index contributed by atoms with van der Waals surface area (Å²) in [7, 11) is -3.46. The standard InChI is InChI=1S/C13H17N3O2S2/c1-9-7-19-13(15-9)10(2)16-20(17,18)8-11-5-3-4-6-12(11)14/h3-7,10,16H,8,14H2,1-2H3. The second-order valence-electron chi connectivity index (χ2n) is 4.62. The predicted molar refractivity (Wildman–Crippen MR) is 81.9 cm³/mol. The lowest BCUT2D eigenvalue weighted by molar-refractivity contribution is 0.565. The first-order valence-electron chi connectivity index (χ1n) is 6.13. The second kappa shape index (κ2) is 5.90. The lowest BCUT2D eigenvalue weighted by Crippen LogP contribution is -2.28. The predicted octanol–water partition coefficient (Wildman–Crippen LogP) is 2.21. The van der Waals surface area contributed by atoms with Gasteiger partial charge in [-0.05, 0) is 25.5 Å². The average Bonchev–Trinajstić information content (AvgIpc) is 2.78. The van der Waals surface area contributed by atoms with Crippen LogP contribution in [0.2, 0.25) is 0 Å². The molecule has 0 spiro atoms. The molecular formula is C13H17N3O2S2. The van der Waals surface area contributed by atoms with Crippen LogP contribution in [0.3, 0.4) is 0 Å². The Balaban J connectivity index is 2.10.